The van der Waals surface area contributed by atoms with Crippen molar-refractivity contribution in [2.45, 2.75) is 53.2 Å². The quantitative estimate of drug-likeness (QED) is 0.279. The molecule has 43 heavy (non-hydrogen) atoms. The molecule has 4 aromatic carbocycles. The lowest BCUT2D eigenvalue weighted by Crippen LogP contribution is -2.55. The third-order valence-electron chi connectivity index (χ3n) is 7.39. The number of anilines is 2. The molecule has 0 fully saturated rings. The van der Waals surface area contributed by atoms with Gasteiger partial charge in [0.1, 0.15) is 6.04 Å². The maximum atomic E-state index is 14.3. The molecular weight excluding hydrogens is 536 g/mol. The first-order chi connectivity index (χ1) is 20.6. The minimum absolute atomic E-state index is 0. The molecule has 0 saturated carbocycles. The number of carbonyl (C=O) groups excluding carboxylic acids is 3. The SMILES string of the molecule is CC(C)C.CN[C@@H](C)C(=O)N[C@H]1CN(C(=O)c2ccccc2)c2ccccc2N(Cc2c(C)ccc3ccccc23)C1=O.[HH]. The summed E-state index contributed by atoms with van der Waals surface area (Å²) in [5.74, 6) is 0.0185. The fourth-order valence-electron chi connectivity index (χ4n) is 5.03. The lowest BCUT2D eigenvalue weighted by molar-refractivity contribution is -0.128. The molecule has 0 aromatic heterocycles. The number of benzene rings is 4. The second-order valence-corrected chi connectivity index (χ2v) is 11.6. The molecule has 7 nitrogen and oxygen atoms in total. The summed E-state index contributed by atoms with van der Waals surface area (Å²) in [5, 5.41) is 7.98. The Labute approximate surface area is 256 Å². The van der Waals surface area contributed by atoms with Crippen molar-refractivity contribution in [2.75, 3.05) is 23.4 Å². The molecule has 0 bridgehead atoms. The number of rotatable bonds is 6. The van der Waals surface area contributed by atoms with Crippen LogP contribution in [0.1, 0.15) is 50.6 Å². The van der Waals surface area contributed by atoms with E-state index in [1.165, 1.54) is 0 Å². The van der Waals surface area contributed by atoms with Gasteiger partial charge in [0.15, 0.2) is 0 Å². The zero-order valence-electron chi connectivity index (χ0n) is 25.9. The summed E-state index contributed by atoms with van der Waals surface area (Å²) in [7, 11) is 1.69. The van der Waals surface area contributed by atoms with Crippen LogP contribution < -0.4 is 20.4 Å². The van der Waals surface area contributed by atoms with Crippen LogP contribution in [0.15, 0.2) is 91.0 Å². The predicted molar refractivity (Wildman–Crippen MR) is 178 cm³/mol. The Kier molecular flexibility index (Phi) is 10.3. The number of carbonyl (C=O) groups is 3. The van der Waals surface area contributed by atoms with Crippen molar-refractivity contribution in [3.8, 4) is 0 Å². The lowest BCUT2D eigenvalue weighted by atomic mass is 9.99. The van der Waals surface area contributed by atoms with Crippen molar-refractivity contribution >= 4 is 39.9 Å². The van der Waals surface area contributed by atoms with E-state index in [4.69, 9.17) is 0 Å². The maximum absolute atomic E-state index is 14.3. The van der Waals surface area contributed by atoms with Gasteiger partial charge < -0.3 is 20.4 Å². The van der Waals surface area contributed by atoms with Gasteiger partial charge in [-0.1, -0.05) is 87.5 Å². The Morgan fingerprint density at radius 2 is 1.47 bits per heavy atom. The first kappa shape index (κ1) is 31.4. The minimum Gasteiger partial charge on any atom is -0.341 e. The number of fused-ring (bicyclic) bond motifs is 2. The standard InChI is InChI=1S/C32H32N4O3.C4H10.H2/c1-21-17-18-23-11-7-8-14-25(23)26(21)19-35-28-15-9-10-16-29(28)36(31(38)24-12-5-4-6-13-24)20-27(32(35)39)34-30(37)22(2)33-3;1-4(2)3;/h4-18,22,27,33H,19-20H2,1-3H3,(H,34,37);4H,1-3H3;1H/t22-,27-;;/m0../s1. The number of amides is 3. The molecule has 1 heterocycles. The molecular formula is C36H44N4O3. The van der Waals surface area contributed by atoms with Gasteiger partial charge in [0.2, 0.25) is 5.91 Å². The molecule has 7 heteroatoms. The van der Waals surface area contributed by atoms with Gasteiger partial charge in [-0.3, -0.25) is 14.4 Å². The molecule has 2 atom stereocenters. The van der Waals surface area contributed by atoms with E-state index in [1.807, 2.05) is 61.5 Å². The number of para-hydroxylation sites is 2. The summed E-state index contributed by atoms with van der Waals surface area (Å²) >= 11 is 0. The topological polar surface area (TPSA) is 81.8 Å². The first-order valence-corrected chi connectivity index (χ1v) is 14.8. The summed E-state index contributed by atoms with van der Waals surface area (Å²) in [6.07, 6.45) is 0. The number of likely N-dealkylation sites (N-methyl/N-ethyl adjacent to an activating group) is 1. The Morgan fingerprint density at radius 1 is 0.860 bits per heavy atom. The highest BCUT2D eigenvalue weighted by Crippen LogP contribution is 2.36. The van der Waals surface area contributed by atoms with Crippen LogP contribution in [0.4, 0.5) is 11.4 Å². The Morgan fingerprint density at radius 3 is 2.14 bits per heavy atom. The molecule has 0 saturated heterocycles. The van der Waals surface area contributed by atoms with Crippen LogP contribution in [0.25, 0.3) is 10.8 Å². The fraction of sp³-hybridized carbons (Fsp3) is 0.306. The van der Waals surface area contributed by atoms with E-state index in [2.05, 4.69) is 55.7 Å². The van der Waals surface area contributed by atoms with E-state index in [-0.39, 0.29) is 25.7 Å². The van der Waals surface area contributed by atoms with Gasteiger partial charge in [0.05, 0.1) is 30.5 Å². The molecule has 0 radical (unpaired) electrons. The van der Waals surface area contributed by atoms with Gasteiger partial charge >= 0.3 is 0 Å². The third-order valence-corrected chi connectivity index (χ3v) is 7.39. The summed E-state index contributed by atoms with van der Waals surface area (Å²) < 4.78 is 0. The van der Waals surface area contributed by atoms with Crippen molar-refractivity contribution in [1.29, 1.82) is 0 Å². The number of nitrogens with one attached hydrogen (secondary N) is 2. The fourth-order valence-corrected chi connectivity index (χ4v) is 5.03. The average molecular weight is 581 g/mol. The second kappa shape index (κ2) is 14.1. The Balaban J connectivity index is 0.000000998. The van der Waals surface area contributed by atoms with Crippen LogP contribution in [-0.2, 0) is 16.1 Å². The molecule has 0 spiro atoms. The van der Waals surface area contributed by atoms with Gasteiger partial charge in [0.25, 0.3) is 11.8 Å². The zero-order valence-corrected chi connectivity index (χ0v) is 25.9. The Hall–Kier alpha value is -4.49. The van der Waals surface area contributed by atoms with Gasteiger partial charge in [-0.15, -0.1) is 0 Å². The van der Waals surface area contributed by atoms with E-state index in [0.29, 0.717) is 23.5 Å². The van der Waals surface area contributed by atoms with Crippen molar-refractivity contribution in [3.63, 3.8) is 0 Å². The summed E-state index contributed by atoms with van der Waals surface area (Å²) in [4.78, 5) is 44.3. The number of aryl methyl sites for hydroxylation is 1. The van der Waals surface area contributed by atoms with Crippen LogP contribution in [0.3, 0.4) is 0 Å². The number of hydrogen-bond donors (Lipinski definition) is 2. The van der Waals surface area contributed by atoms with Crippen LogP contribution in [-0.4, -0.2) is 43.4 Å². The molecule has 0 unspecified atom stereocenters. The van der Waals surface area contributed by atoms with Crippen molar-refractivity contribution in [3.05, 3.63) is 108 Å². The Bertz CT molecular complexity index is 1590. The largest absolute Gasteiger partial charge is 0.341 e. The van der Waals surface area contributed by atoms with Gasteiger partial charge in [0, 0.05) is 6.99 Å². The van der Waals surface area contributed by atoms with Crippen molar-refractivity contribution < 1.29 is 15.8 Å². The maximum Gasteiger partial charge on any atom is 0.258 e. The highest BCUT2D eigenvalue weighted by Gasteiger charge is 2.37. The molecule has 3 amide bonds. The van der Waals surface area contributed by atoms with Gasteiger partial charge in [-0.2, -0.15) is 0 Å². The van der Waals surface area contributed by atoms with E-state index < -0.39 is 12.1 Å². The molecule has 2 N–H and O–H groups in total. The highest BCUT2D eigenvalue weighted by atomic mass is 16.2. The first-order valence-electron chi connectivity index (χ1n) is 14.8. The van der Waals surface area contributed by atoms with Gasteiger partial charge in [-0.25, -0.2) is 0 Å². The summed E-state index contributed by atoms with van der Waals surface area (Å²) in [6, 6.07) is 27.2. The predicted octanol–water partition coefficient (Wildman–Crippen LogP) is 6.34. The van der Waals surface area contributed by atoms with E-state index >= 15 is 0 Å². The smallest absolute Gasteiger partial charge is 0.258 e. The van der Waals surface area contributed by atoms with E-state index in [1.54, 1.807) is 35.9 Å². The van der Waals surface area contributed by atoms with Gasteiger partial charge in [-0.05, 0) is 73.0 Å². The van der Waals surface area contributed by atoms with Crippen LogP contribution >= 0.6 is 0 Å². The number of nitrogens with zero attached hydrogens (tertiary/aromatic N) is 2. The van der Waals surface area contributed by atoms with E-state index in [0.717, 1.165) is 27.8 Å². The molecule has 4 aromatic rings. The van der Waals surface area contributed by atoms with E-state index in [9.17, 15) is 14.4 Å². The highest BCUT2D eigenvalue weighted by molar-refractivity contribution is 6.12. The molecule has 1 aliphatic heterocycles. The summed E-state index contributed by atoms with van der Waals surface area (Å²) in [5.41, 5.74) is 3.83. The normalized spacial score (nSPS) is 15.3. The molecule has 226 valence electrons. The lowest BCUT2D eigenvalue weighted by Gasteiger charge is -2.27. The van der Waals surface area contributed by atoms with Crippen LogP contribution in [0.2, 0.25) is 0 Å². The second-order valence-electron chi connectivity index (χ2n) is 11.6. The van der Waals surface area contributed by atoms with Crippen molar-refractivity contribution in [2.24, 2.45) is 5.92 Å². The molecule has 0 aliphatic carbocycles. The van der Waals surface area contributed by atoms with Crippen molar-refractivity contribution in [1.82, 2.24) is 10.6 Å². The molecule has 5 rings (SSSR count). The average Bonchev–Trinajstić information content (AvgIpc) is 3.12. The van der Waals surface area contributed by atoms with Crippen LogP contribution in [0, 0.1) is 12.8 Å². The zero-order chi connectivity index (χ0) is 31.1. The number of hydrogen-bond acceptors (Lipinski definition) is 4. The summed E-state index contributed by atoms with van der Waals surface area (Å²) in [6.45, 7) is 10.6. The monoisotopic (exact) mass is 580 g/mol. The van der Waals surface area contributed by atoms with Crippen LogP contribution in [0.5, 0.6) is 0 Å². The third kappa shape index (κ3) is 7.30. The minimum atomic E-state index is -0.941. The molecule has 1 aliphatic rings.